The first-order chi connectivity index (χ1) is 4.04. The van der Waals surface area contributed by atoms with Gasteiger partial charge in [-0.2, -0.15) is 10.5 Å². The van der Waals surface area contributed by atoms with E-state index in [0.29, 0.717) is 0 Å². The van der Waals surface area contributed by atoms with Gasteiger partial charge in [-0.3, -0.25) is 5.73 Å². The van der Waals surface area contributed by atoms with Crippen molar-refractivity contribution in [3.05, 3.63) is 10.1 Å². The van der Waals surface area contributed by atoms with E-state index >= 15 is 0 Å². The summed E-state index contributed by atoms with van der Waals surface area (Å²) in [5.74, 6) is 0. The van der Waals surface area contributed by atoms with E-state index in [1.54, 1.807) is 12.5 Å². The Kier molecular flexibility index (Phi) is 3.18. The van der Waals surface area contributed by atoms with E-state index < -0.39 is 5.03 Å². The predicted octanol–water partition coefficient (Wildman–Crippen LogP) is -0.658. The molecular formula is C3H9N3O2S. The first-order valence-electron chi connectivity index (χ1n) is 2.15. The van der Waals surface area contributed by atoms with Crippen LogP contribution in [-0.2, 0) is 0 Å². The number of rotatable bonds is 1. The lowest BCUT2D eigenvalue weighted by Crippen LogP contribution is -2.35. The summed E-state index contributed by atoms with van der Waals surface area (Å²) in [6.07, 6.45) is 3.59. The van der Waals surface area contributed by atoms with Crippen molar-refractivity contribution in [3.8, 4) is 0 Å². The topological polar surface area (TPSA) is 81.2 Å². The Hall–Kier alpha value is -0.620. The van der Waals surface area contributed by atoms with Gasteiger partial charge in [0.25, 0.3) is 0 Å². The third kappa shape index (κ3) is 3.92. The van der Waals surface area contributed by atoms with Crippen molar-refractivity contribution in [3.63, 3.8) is 0 Å². The molecule has 5 nitrogen and oxygen atoms in total. The monoisotopic (exact) mass is 151 g/mol. The van der Waals surface area contributed by atoms with Crippen LogP contribution in [0, 0.1) is 10.1 Å². The second-order valence-electron chi connectivity index (χ2n) is 1.55. The van der Waals surface area contributed by atoms with Gasteiger partial charge in [0.05, 0.1) is 0 Å². The fourth-order valence-corrected chi connectivity index (χ4v) is 0.438. The molecule has 0 bridgehead atoms. The Labute approximate surface area is 55.3 Å². The summed E-state index contributed by atoms with van der Waals surface area (Å²) in [5, 5.41) is 9.26. The van der Waals surface area contributed by atoms with Crippen LogP contribution in [0.2, 0.25) is 0 Å². The molecular weight excluding hydrogens is 142 g/mol. The van der Waals surface area contributed by atoms with Crippen molar-refractivity contribution >= 4 is 15.6 Å². The standard InChI is InChI=1S/C3H9N3O2S/c1-9(2)3(4)5-6(7)8/h5H,4H2,1-2H3. The molecule has 0 amide bonds. The maximum absolute atomic E-state index is 9.71. The van der Waals surface area contributed by atoms with Gasteiger partial charge >= 0.3 is 0 Å². The zero-order valence-electron chi connectivity index (χ0n) is 5.25. The van der Waals surface area contributed by atoms with Crippen molar-refractivity contribution < 1.29 is 5.03 Å². The van der Waals surface area contributed by atoms with Crippen LogP contribution in [0.25, 0.3) is 0 Å². The number of hydrazine groups is 1. The Balaban J connectivity index is 3.92. The zero-order chi connectivity index (χ0) is 7.44. The molecule has 6 heteroatoms. The second-order valence-corrected chi connectivity index (χ2v) is 3.62. The van der Waals surface area contributed by atoms with Crippen LogP contribution in [0.4, 0.5) is 0 Å². The van der Waals surface area contributed by atoms with Gasteiger partial charge in [0.1, 0.15) is 0 Å². The van der Waals surface area contributed by atoms with Gasteiger partial charge in [0.2, 0.25) is 0 Å². The van der Waals surface area contributed by atoms with Gasteiger partial charge in [-0.1, -0.05) is 5.43 Å². The lowest BCUT2D eigenvalue weighted by molar-refractivity contribution is -0.524. The van der Waals surface area contributed by atoms with Crippen LogP contribution in [0.5, 0.6) is 0 Å². The summed E-state index contributed by atoms with van der Waals surface area (Å²) in [5.41, 5.74) is 7.06. The molecule has 0 rings (SSSR count). The Morgan fingerprint density at radius 2 is 2.22 bits per heavy atom. The minimum absolute atomic E-state index is 0.208. The molecule has 0 heterocycles. The first-order valence-corrected chi connectivity index (χ1v) is 4.19. The van der Waals surface area contributed by atoms with Crippen LogP contribution >= 0.6 is 10.5 Å². The minimum Gasteiger partial charge on any atom is -0.279 e. The van der Waals surface area contributed by atoms with E-state index in [9.17, 15) is 10.1 Å². The van der Waals surface area contributed by atoms with Crippen LogP contribution in [0.1, 0.15) is 0 Å². The van der Waals surface area contributed by atoms with Crippen LogP contribution < -0.4 is 11.2 Å². The molecule has 0 aromatic carbocycles. The Bertz CT molecular complexity index is 151. The Morgan fingerprint density at radius 3 is 2.33 bits per heavy atom. The third-order valence-corrected chi connectivity index (χ3v) is 1.61. The Morgan fingerprint density at radius 1 is 1.78 bits per heavy atom. The highest BCUT2D eigenvalue weighted by Crippen LogP contribution is 1.95. The fraction of sp³-hybridized carbons (Fsp3) is 0.667. The molecule has 3 N–H and O–H groups in total. The number of hydrogen-bond acceptors (Lipinski definition) is 2. The molecule has 54 valence electrons. The minimum atomic E-state index is -0.664. The van der Waals surface area contributed by atoms with Gasteiger partial charge < -0.3 is 0 Å². The highest BCUT2D eigenvalue weighted by atomic mass is 32.2. The number of nitrogens with two attached hydrogens (primary N) is 1. The number of nitrogens with one attached hydrogen (secondary N) is 1. The van der Waals surface area contributed by atoms with Gasteiger partial charge in [0.15, 0.2) is 10.1 Å². The van der Waals surface area contributed by atoms with Crippen LogP contribution in [0.15, 0.2) is 0 Å². The molecule has 0 unspecified atom stereocenters. The van der Waals surface area contributed by atoms with E-state index in [2.05, 4.69) is 0 Å². The van der Waals surface area contributed by atoms with E-state index in [0.717, 1.165) is 0 Å². The summed E-state index contributed by atoms with van der Waals surface area (Å²) in [6, 6.07) is 0. The second kappa shape index (κ2) is 3.41. The van der Waals surface area contributed by atoms with Crippen LogP contribution in [0.3, 0.4) is 0 Å². The number of hydrogen-bond donors (Lipinski definition) is 2. The summed E-state index contributed by atoms with van der Waals surface area (Å²) < 4.78 is 0. The number of nitrogens with zero attached hydrogens (tertiary/aromatic N) is 1. The van der Waals surface area contributed by atoms with Crippen molar-refractivity contribution in [1.82, 2.24) is 5.43 Å². The third-order valence-electron chi connectivity index (χ3n) is 0.641. The average Bonchev–Trinajstić information content (AvgIpc) is 1.63. The van der Waals surface area contributed by atoms with Crippen LogP contribution in [-0.4, -0.2) is 22.7 Å². The molecule has 0 radical (unpaired) electrons. The van der Waals surface area contributed by atoms with Crippen molar-refractivity contribution in [2.45, 2.75) is 0 Å². The number of nitro groups is 1. The molecule has 0 saturated carbocycles. The smallest absolute Gasteiger partial charge is 0.166 e. The highest BCUT2D eigenvalue weighted by molar-refractivity contribution is 8.14. The summed E-state index contributed by atoms with van der Waals surface area (Å²) in [7, 11) is -0.239. The highest BCUT2D eigenvalue weighted by Gasteiger charge is 1.96. The zero-order valence-corrected chi connectivity index (χ0v) is 6.07. The molecule has 0 aliphatic heterocycles. The van der Waals surface area contributed by atoms with E-state index in [4.69, 9.17) is 5.73 Å². The average molecular weight is 151 g/mol. The maximum Gasteiger partial charge on any atom is 0.166 e. The van der Waals surface area contributed by atoms with Crippen molar-refractivity contribution in [2.24, 2.45) is 5.73 Å². The largest absolute Gasteiger partial charge is 0.279 e. The van der Waals surface area contributed by atoms with Crippen molar-refractivity contribution in [1.29, 1.82) is 0 Å². The maximum atomic E-state index is 9.71. The first kappa shape index (κ1) is 8.38. The fourth-order valence-electron chi connectivity index (χ4n) is 0.181. The lowest BCUT2D eigenvalue weighted by Gasteiger charge is -1.97. The van der Waals surface area contributed by atoms with Gasteiger partial charge in [0, 0.05) is 0 Å². The van der Waals surface area contributed by atoms with Gasteiger partial charge in [-0.15, -0.1) is 0 Å². The molecule has 0 aromatic rings. The van der Waals surface area contributed by atoms with Crippen molar-refractivity contribution in [2.75, 3.05) is 12.5 Å². The van der Waals surface area contributed by atoms with E-state index in [-0.39, 0.29) is 15.6 Å². The van der Waals surface area contributed by atoms with E-state index in [1.807, 2.05) is 5.43 Å². The summed E-state index contributed by atoms with van der Waals surface area (Å²) in [4.78, 5) is 9.71. The quantitative estimate of drug-likeness (QED) is 0.296. The summed E-state index contributed by atoms with van der Waals surface area (Å²) >= 11 is 0. The normalized spacial score (nSPS) is 9.33. The summed E-state index contributed by atoms with van der Waals surface area (Å²) in [6.45, 7) is 0. The molecule has 0 aliphatic rings. The SMILES string of the molecule is CS(C)=C(N)N[N+](=O)[O-]. The van der Waals surface area contributed by atoms with Gasteiger partial charge in [-0.25, -0.2) is 10.1 Å². The lowest BCUT2D eigenvalue weighted by atomic mass is 11.2. The van der Waals surface area contributed by atoms with Gasteiger partial charge in [-0.05, 0) is 12.5 Å². The molecule has 0 spiro atoms. The van der Waals surface area contributed by atoms with E-state index in [1.165, 1.54) is 0 Å². The molecule has 0 aliphatic carbocycles. The molecule has 0 atom stereocenters. The molecule has 0 aromatic heterocycles. The molecule has 0 saturated heterocycles. The molecule has 9 heavy (non-hydrogen) atoms. The predicted molar refractivity (Wildman–Crippen MR) is 38.8 cm³/mol. The molecule has 0 fully saturated rings.